The summed E-state index contributed by atoms with van der Waals surface area (Å²) in [5, 5.41) is 4.31. The van der Waals surface area contributed by atoms with E-state index in [0.29, 0.717) is 12.5 Å². The third kappa shape index (κ3) is 3.84. The number of nitrogens with two attached hydrogens (primary N) is 1. The van der Waals surface area contributed by atoms with Gasteiger partial charge in [-0.3, -0.25) is 4.68 Å². The van der Waals surface area contributed by atoms with Gasteiger partial charge in [0.2, 0.25) is 0 Å². The maximum Gasteiger partial charge on any atom is 0.118 e. The van der Waals surface area contributed by atoms with E-state index in [2.05, 4.69) is 30.4 Å². The average Bonchev–Trinajstić information content (AvgIpc) is 2.95. The Hall–Kier alpha value is -1.81. The number of ether oxygens (including phenoxy) is 1. The summed E-state index contributed by atoms with van der Waals surface area (Å²) in [6.45, 7) is 3.68. The molecule has 0 saturated carbocycles. The number of rotatable bonds is 7. The van der Waals surface area contributed by atoms with Crippen LogP contribution >= 0.6 is 0 Å². The van der Waals surface area contributed by atoms with Crippen molar-refractivity contribution in [3.05, 3.63) is 47.8 Å². The van der Waals surface area contributed by atoms with Crippen molar-refractivity contribution in [2.24, 2.45) is 11.7 Å². The largest absolute Gasteiger partial charge is 0.497 e. The lowest BCUT2D eigenvalue weighted by molar-refractivity contribution is 0.414. The van der Waals surface area contributed by atoms with Crippen molar-refractivity contribution < 1.29 is 4.74 Å². The first-order valence-corrected chi connectivity index (χ1v) is 7.09. The number of nitrogens with zero attached hydrogens (tertiary/aromatic N) is 2. The second-order valence-electron chi connectivity index (χ2n) is 5.06. The fraction of sp³-hybridized carbons (Fsp3) is 0.438. The average molecular weight is 273 g/mol. The van der Waals surface area contributed by atoms with Crippen LogP contribution in [0.4, 0.5) is 0 Å². The highest BCUT2D eigenvalue weighted by Gasteiger charge is 2.10. The smallest absolute Gasteiger partial charge is 0.118 e. The topological polar surface area (TPSA) is 53.1 Å². The van der Waals surface area contributed by atoms with E-state index in [1.54, 1.807) is 7.11 Å². The molecule has 0 aliphatic heterocycles. The molecule has 1 heterocycles. The molecule has 1 unspecified atom stereocenters. The minimum absolute atomic E-state index is 0.443. The fourth-order valence-corrected chi connectivity index (χ4v) is 2.35. The first-order chi connectivity index (χ1) is 9.75. The van der Waals surface area contributed by atoms with Gasteiger partial charge in [0.25, 0.3) is 0 Å². The maximum absolute atomic E-state index is 5.91. The van der Waals surface area contributed by atoms with Crippen LogP contribution in [0.5, 0.6) is 5.75 Å². The molecule has 0 radical (unpaired) electrons. The van der Waals surface area contributed by atoms with Crippen molar-refractivity contribution >= 4 is 0 Å². The van der Waals surface area contributed by atoms with E-state index in [1.807, 2.05) is 23.0 Å². The lowest BCUT2D eigenvalue weighted by Crippen LogP contribution is -2.19. The van der Waals surface area contributed by atoms with Crippen molar-refractivity contribution in [2.45, 2.75) is 26.3 Å². The normalized spacial score (nSPS) is 12.3. The third-order valence-electron chi connectivity index (χ3n) is 3.55. The summed E-state index contributed by atoms with van der Waals surface area (Å²) < 4.78 is 7.13. The van der Waals surface area contributed by atoms with E-state index in [-0.39, 0.29) is 0 Å². The van der Waals surface area contributed by atoms with E-state index >= 15 is 0 Å². The number of benzene rings is 1. The number of hydrogen-bond donors (Lipinski definition) is 1. The summed E-state index contributed by atoms with van der Waals surface area (Å²) in [4.78, 5) is 0. The van der Waals surface area contributed by atoms with Crippen LogP contribution in [0.2, 0.25) is 0 Å². The molecular weight excluding hydrogens is 250 g/mol. The molecule has 1 aromatic heterocycles. The Morgan fingerprint density at radius 2 is 1.90 bits per heavy atom. The molecular formula is C16H23N3O. The van der Waals surface area contributed by atoms with Crippen molar-refractivity contribution in [1.82, 2.24) is 9.78 Å². The van der Waals surface area contributed by atoms with E-state index in [1.165, 1.54) is 11.1 Å². The van der Waals surface area contributed by atoms with Crippen LogP contribution in [-0.2, 0) is 19.4 Å². The maximum atomic E-state index is 5.91. The molecule has 2 aromatic rings. The molecule has 0 saturated heterocycles. The van der Waals surface area contributed by atoms with Gasteiger partial charge in [0.05, 0.1) is 13.3 Å². The Bertz CT molecular complexity index is 519. The van der Waals surface area contributed by atoms with Gasteiger partial charge in [0.15, 0.2) is 0 Å². The zero-order valence-electron chi connectivity index (χ0n) is 12.2. The molecule has 2 N–H and O–H groups in total. The van der Waals surface area contributed by atoms with Crippen molar-refractivity contribution in [3.8, 4) is 5.75 Å². The Balaban J connectivity index is 1.97. The van der Waals surface area contributed by atoms with Gasteiger partial charge in [-0.05, 0) is 55.5 Å². The quantitative estimate of drug-likeness (QED) is 0.842. The molecule has 4 nitrogen and oxygen atoms in total. The number of hydrogen-bond acceptors (Lipinski definition) is 3. The lowest BCUT2D eigenvalue weighted by atomic mass is 9.94. The van der Waals surface area contributed by atoms with Gasteiger partial charge in [-0.15, -0.1) is 0 Å². The third-order valence-corrected chi connectivity index (χ3v) is 3.55. The van der Waals surface area contributed by atoms with Crippen LogP contribution in [0.3, 0.4) is 0 Å². The Kier molecular flexibility index (Phi) is 5.18. The first kappa shape index (κ1) is 14.6. The molecule has 0 fully saturated rings. The predicted octanol–water partition coefficient (Wildman–Crippen LogP) is 2.27. The van der Waals surface area contributed by atoms with Crippen LogP contribution in [0, 0.1) is 5.92 Å². The molecule has 4 heteroatoms. The van der Waals surface area contributed by atoms with Gasteiger partial charge in [-0.2, -0.15) is 5.10 Å². The molecule has 108 valence electrons. The minimum atomic E-state index is 0.443. The first-order valence-electron chi connectivity index (χ1n) is 7.09. The van der Waals surface area contributed by atoms with E-state index in [4.69, 9.17) is 10.5 Å². The van der Waals surface area contributed by atoms with Crippen LogP contribution < -0.4 is 10.5 Å². The van der Waals surface area contributed by atoms with Crippen LogP contribution in [0.15, 0.2) is 36.7 Å². The van der Waals surface area contributed by atoms with E-state index < -0.39 is 0 Å². The van der Waals surface area contributed by atoms with Crippen LogP contribution in [-0.4, -0.2) is 23.4 Å². The molecule has 0 aliphatic rings. The molecule has 0 amide bonds. The fourth-order valence-electron chi connectivity index (χ4n) is 2.35. The summed E-state index contributed by atoms with van der Waals surface area (Å²) in [5.74, 6) is 1.33. The molecule has 0 aliphatic carbocycles. The van der Waals surface area contributed by atoms with Gasteiger partial charge in [0, 0.05) is 12.7 Å². The highest BCUT2D eigenvalue weighted by molar-refractivity contribution is 5.27. The Morgan fingerprint density at radius 3 is 2.45 bits per heavy atom. The van der Waals surface area contributed by atoms with E-state index in [0.717, 1.165) is 25.1 Å². The number of methoxy groups -OCH3 is 1. The molecule has 0 spiro atoms. The van der Waals surface area contributed by atoms with Crippen LogP contribution in [0.1, 0.15) is 18.1 Å². The SMILES string of the molecule is CCn1cc(CC(CN)Cc2ccc(OC)cc2)cn1. The second kappa shape index (κ2) is 7.10. The zero-order valence-corrected chi connectivity index (χ0v) is 12.2. The molecule has 1 atom stereocenters. The van der Waals surface area contributed by atoms with Gasteiger partial charge in [-0.25, -0.2) is 0 Å². The summed E-state index contributed by atoms with van der Waals surface area (Å²) in [6.07, 6.45) is 6.01. The molecule has 1 aromatic carbocycles. The monoisotopic (exact) mass is 273 g/mol. The number of aryl methyl sites for hydroxylation is 1. The zero-order chi connectivity index (χ0) is 14.4. The standard InChI is InChI=1S/C16H23N3O/c1-3-19-12-15(11-18-19)9-14(10-17)8-13-4-6-16(20-2)7-5-13/h4-7,11-12,14H,3,8-10,17H2,1-2H3. The van der Waals surface area contributed by atoms with Crippen molar-refractivity contribution in [3.63, 3.8) is 0 Å². The molecule has 20 heavy (non-hydrogen) atoms. The molecule has 2 rings (SSSR count). The van der Waals surface area contributed by atoms with Gasteiger partial charge in [-0.1, -0.05) is 12.1 Å². The lowest BCUT2D eigenvalue weighted by Gasteiger charge is -2.14. The summed E-state index contributed by atoms with van der Waals surface area (Å²) >= 11 is 0. The van der Waals surface area contributed by atoms with Crippen molar-refractivity contribution in [1.29, 1.82) is 0 Å². The second-order valence-corrected chi connectivity index (χ2v) is 5.06. The van der Waals surface area contributed by atoms with Gasteiger partial charge >= 0.3 is 0 Å². The van der Waals surface area contributed by atoms with E-state index in [9.17, 15) is 0 Å². The summed E-state index contributed by atoms with van der Waals surface area (Å²) in [7, 11) is 1.68. The predicted molar refractivity (Wildman–Crippen MR) is 80.8 cm³/mol. The Labute approximate surface area is 120 Å². The molecule has 0 bridgehead atoms. The van der Waals surface area contributed by atoms with Gasteiger partial charge < -0.3 is 10.5 Å². The highest BCUT2D eigenvalue weighted by Crippen LogP contribution is 2.17. The highest BCUT2D eigenvalue weighted by atomic mass is 16.5. The van der Waals surface area contributed by atoms with Gasteiger partial charge in [0.1, 0.15) is 5.75 Å². The van der Waals surface area contributed by atoms with Crippen LogP contribution in [0.25, 0.3) is 0 Å². The summed E-state index contributed by atoms with van der Waals surface area (Å²) in [6, 6.07) is 8.21. The summed E-state index contributed by atoms with van der Waals surface area (Å²) in [5.41, 5.74) is 8.47. The van der Waals surface area contributed by atoms with Crippen molar-refractivity contribution in [2.75, 3.05) is 13.7 Å². The minimum Gasteiger partial charge on any atom is -0.497 e. The number of aromatic nitrogens is 2. The Morgan fingerprint density at radius 1 is 1.20 bits per heavy atom.